The quantitative estimate of drug-likeness (QED) is 0.553. The van der Waals surface area contributed by atoms with E-state index in [-0.39, 0.29) is 17.9 Å². The summed E-state index contributed by atoms with van der Waals surface area (Å²) in [7, 11) is 1.41. The summed E-state index contributed by atoms with van der Waals surface area (Å²) in [5, 5.41) is 9.45. The summed E-state index contributed by atoms with van der Waals surface area (Å²) in [4.78, 5) is 26.8. The number of thioether (sulfide) groups is 1. The zero-order chi connectivity index (χ0) is 24.3. The second kappa shape index (κ2) is 10.1. The first kappa shape index (κ1) is 25.0. The van der Waals surface area contributed by atoms with Crippen LogP contribution in [0.5, 0.6) is 5.75 Å². The average molecular weight is 472 g/mol. The second-order valence-corrected chi connectivity index (χ2v) is 10.1. The lowest BCUT2D eigenvalue weighted by atomic mass is 9.83. The number of carboxylic acids is 1. The molecule has 2 aromatic carbocycles. The number of hydrogen-bond donors (Lipinski definition) is 1. The lowest BCUT2D eigenvalue weighted by Gasteiger charge is -2.26. The molecule has 2 aromatic rings. The summed E-state index contributed by atoms with van der Waals surface area (Å²) in [6.07, 6.45) is 2.61. The average Bonchev–Trinajstić information content (AvgIpc) is 3.19. The zero-order valence-electron chi connectivity index (χ0n) is 20.2. The maximum atomic E-state index is 12.3. The van der Waals surface area contributed by atoms with E-state index in [2.05, 4.69) is 42.7 Å². The Hall–Kier alpha value is -2.67. The molecule has 1 aliphatic heterocycles. The number of carbonyl (C=O) groups is 2. The molecule has 1 amide bonds. The minimum Gasteiger partial charge on any atom is -0.478 e. The van der Waals surface area contributed by atoms with E-state index in [1.165, 1.54) is 17.6 Å². The normalized spacial score (nSPS) is 18.3. The molecule has 0 aliphatic carbocycles. The van der Waals surface area contributed by atoms with Crippen molar-refractivity contribution in [1.82, 2.24) is 4.90 Å². The van der Waals surface area contributed by atoms with Gasteiger partial charge in [0.15, 0.2) is 5.60 Å². The van der Waals surface area contributed by atoms with E-state index in [0.29, 0.717) is 18.8 Å². The number of nitrogens with zero attached hydrogens (tertiary/aromatic N) is 1. The van der Waals surface area contributed by atoms with Crippen molar-refractivity contribution in [1.29, 1.82) is 0 Å². The van der Waals surface area contributed by atoms with Crippen molar-refractivity contribution in [2.45, 2.75) is 50.5 Å². The van der Waals surface area contributed by atoms with Gasteiger partial charge in [0.05, 0.1) is 7.11 Å². The molecule has 0 aromatic heterocycles. The number of aryl methyl sites for hydroxylation is 2. The Balaban J connectivity index is 1.91. The van der Waals surface area contributed by atoms with Gasteiger partial charge >= 0.3 is 12.1 Å². The Labute approximate surface area is 200 Å². The van der Waals surface area contributed by atoms with E-state index >= 15 is 0 Å². The van der Waals surface area contributed by atoms with Gasteiger partial charge in [0.2, 0.25) is 0 Å². The number of rotatable bonds is 7. The molecule has 178 valence electrons. The lowest BCUT2D eigenvalue weighted by Crippen LogP contribution is -2.38. The molecule has 33 heavy (non-hydrogen) atoms. The van der Waals surface area contributed by atoms with Crippen LogP contribution in [-0.2, 0) is 16.0 Å². The number of likely N-dealkylation sites (tertiary alicyclic amines) is 1. The van der Waals surface area contributed by atoms with Crippen LogP contribution in [0.25, 0.3) is 0 Å². The Morgan fingerprint density at radius 1 is 1.12 bits per heavy atom. The van der Waals surface area contributed by atoms with Gasteiger partial charge in [-0.25, -0.2) is 9.59 Å². The molecule has 6 nitrogen and oxygen atoms in total. The largest absolute Gasteiger partial charge is 0.478 e. The van der Waals surface area contributed by atoms with E-state index in [1.807, 2.05) is 13.8 Å². The highest BCUT2D eigenvalue weighted by molar-refractivity contribution is 7.98. The van der Waals surface area contributed by atoms with E-state index in [0.717, 1.165) is 23.1 Å². The second-order valence-electron chi connectivity index (χ2n) is 9.20. The van der Waals surface area contributed by atoms with E-state index < -0.39 is 11.6 Å². The third-order valence-electron chi connectivity index (χ3n) is 6.31. The van der Waals surface area contributed by atoms with Gasteiger partial charge in [-0.1, -0.05) is 24.3 Å². The van der Waals surface area contributed by atoms with E-state index in [1.54, 1.807) is 30.5 Å². The molecule has 1 N–H and O–H groups in total. The highest BCUT2D eigenvalue weighted by atomic mass is 32.2. The fraction of sp³-hybridized carbons (Fsp3) is 0.462. The predicted molar refractivity (Wildman–Crippen MR) is 130 cm³/mol. The summed E-state index contributed by atoms with van der Waals surface area (Å²) in [6, 6.07) is 12.7. The lowest BCUT2D eigenvalue weighted by molar-refractivity contribution is -0.152. The van der Waals surface area contributed by atoms with Crippen LogP contribution < -0.4 is 4.74 Å². The fourth-order valence-electron chi connectivity index (χ4n) is 4.46. The first-order chi connectivity index (χ1) is 15.6. The number of ether oxygens (including phenoxy) is 2. The van der Waals surface area contributed by atoms with Crippen molar-refractivity contribution in [2.24, 2.45) is 5.92 Å². The van der Waals surface area contributed by atoms with Crippen molar-refractivity contribution in [3.63, 3.8) is 0 Å². The van der Waals surface area contributed by atoms with Crippen LogP contribution in [-0.4, -0.2) is 54.1 Å². The van der Waals surface area contributed by atoms with Crippen LogP contribution in [0.4, 0.5) is 4.79 Å². The summed E-state index contributed by atoms with van der Waals surface area (Å²) < 4.78 is 10.9. The predicted octanol–water partition coefficient (Wildman–Crippen LogP) is 5.29. The third-order valence-corrected chi connectivity index (χ3v) is 7.06. The van der Waals surface area contributed by atoms with Gasteiger partial charge in [0, 0.05) is 23.9 Å². The maximum Gasteiger partial charge on any atom is 0.409 e. The molecule has 0 radical (unpaired) electrons. The molecule has 0 spiro atoms. The van der Waals surface area contributed by atoms with Crippen molar-refractivity contribution in [2.75, 3.05) is 26.5 Å². The molecular formula is C26H33NO5S. The molecule has 0 saturated carbocycles. The van der Waals surface area contributed by atoms with Gasteiger partial charge in [0.1, 0.15) is 5.75 Å². The smallest absolute Gasteiger partial charge is 0.409 e. The first-order valence-electron chi connectivity index (χ1n) is 11.0. The SMILES string of the molecule is COC(=O)N1C[C@@H](Cc2ccc(SC)cc2)[C@H](c2cc(C)c(OC(C)(C)C(=O)O)c(C)c2)C1. The Morgan fingerprint density at radius 2 is 1.73 bits per heavy atom. The van der Waals surface area contributed by atoms with Gasteiger partial charge in [-0.05, 0) is 80.7 Å². The van der Waals surface area contributed by atoms with Gasteiger partial charge in [-0.15, -0.1) is 11.8 Å². The summed E-state index contributed by atoms with van der Waals surface area (Å²) >= 11 is 1.72. The van der Waals surface area contributed by atoms with Crippen molar-refractivity contribution >= 4 is 23.8 Å². The molecule has 1 saturated heterocycles. The molecule has 3 rings (SSSR count). The van der Waals surface area contributed by atoms with Gasteiger partial charge in [-0.3, -0.25) is 0 Å². The third kappa shape index (κ3) is 5.64. The standard InChI is InChI=1S/C26H33NO5S/c1-16-11-19(12-17(2)23(16)32-26(3,4)24(28)29)22-15-27(25(30)31-5)14-20(22)13-18-7-9-21(33-6)10-8-18/h7-12,20,22H,13-15H2,1-6H3,(H,28,29)/t20-,22+/m1/s1. The molecule has 2 atom stereocenters. The fourth-order valence-corrected chi connectivity index (χ4v) is 4.86. The summed E-state index contributed by atoms with van der Waals surface area (Å²) in [5.74, 6) is -0.0332. The number of aliphatic carboxylic acids is 1. The van der Waals surface area contributed by atoms with Gasteiger partial charge in [0.25, 0.3) is 0 Å². The highest BCUT2D eigenvalue weighted by Crippen LogP contribution is 2.39. The number of carbonyl (C=O) groups excluding carboxylic acids is 1. The van der Waals surface area contributed by atoms with Crippen LogP contribution in [0.1, 0.15) is 42.0 Å². The molecule has 1 heterocycles. The monoisotopic (exact) mass is 471 g/mol. The maximum absolute atomic E-state index is 12.3. The number of benzene rings is 2. The molecular weight excluding hydrogens is 438 g/mol. The summed E-state index contributed by atoms with van der Waals surface area (Å²) in [6.45, 7) is 8.18. The molecule has 0 unspecified atom stereocenters. The Bertz CT molecular complexity index is 995. The molecule has 0 bridgehead atoms. The number of methoxy groups -OCH3 is 1. The zero-order valence-corrected chi connectivity index (χ0v) is 21.0. The van der Waals surface area contributed by atoms with Crippen molar-refractivity contribution < 1.29 is 24.2 Å². The number of carboxylic acid groups (broad SMARTS) is 1. The van der Waals surface area contributed by atoms with E-state index in [4.69, 9.17) is 9.47 Å². The molecule has 1 fully saturated rings. The number of hydrogen-bond acceptors (Lipinski definition) is 5. The first-order valence-corrected chi connectivity index (χ1v) is 12.3. The minimum atomic E-state index is -1.32. The molecule has 1 aliphatic rings. The van der Waals surface area contributed by atoms with E-state index in [9.17, 15) is 14.7 Å². The van der Waals surface area contributed by atoms with Crippen molar-refractivity contribution in [3.8, 4) is 5.75 Å². The van der Waals surface area contributed by atoms with Crippen LogP contribution in [0, 0.1) is 19.8 Å². The van der Waals surface area contributed by atoms with Crippen molar-refractivity contribution in [3.05, 3.63) is 58.7 Å². The minimum absolute atomic E-state index is 0.142. The van der Waals surface area contributed by atoms with Gasteiger partial charge in [-0.2, -0.15) is 0 Å². The molecule has 7 heteroatoms. The number of amides is 1. The van der Waals surface area contributed by atoms with Crippen LogP contribution in [0.2, 0.25) is 0 Å². The van der Waals surface area contributed by atoms with Gasteiger partial charge < -0.3 is 19.5 Å². The van der Waals surface area contributed by atoms with Crippen LogP contribution in [0.15, 0.2) is 41.3 Å². The Kier molecular flexibility index (Phi) is 7.62. The van der Waals surface area contributed by atoms with Crippen LogP contribution in [0.3, 0.4) is 0 Å². The van der Waals surface area contributed by atoms with Crippen LogP contribution >= 0.6 is 11.8 Å². The Morgan fingerprint density at radius 3 is 2.24 bits per heavy atom. The topological polar surface area (TPSA) is 76.1 Å². The summed E-state index contributed by atoms with van der Waals surface area (Å²) in [5.41, 5.74) is 2.82. The highest BCUT2D eigenvalue weighted by Gasteiger charge is 2.37.